The van der Waals surface area contributed by atoms with Crippen molar-refractivity contribution >= 4 is 21.6 Å². The van der Waals surface area contributed by atoms with Crippen LogP contribution in [0.25, 0.3) is 0 Å². The molecule has 0 aliphatic carbocycles. The molecule has 0 amide bonds. The average molecular weight is 306 g/mol. The molecule has 2 rings (SSSR count). The predicted octanol–water partition coefficient (Wildman–Crippen LogP) is 2.94. The number of hydrogen-bond acceptors (Lipinski definition) is 3. The fraction of sp³-hybridized carbons (Fsp3) is 0.214. The number of rotatable bonds is 4. The zero-order valence-electron chi connectivity index (χ0n) is 10.3. The average Bonchev–Trinajstić information content (AvgIpc) is 2.41. The van der Waals surface area contributed by atoms with Crippen molar-refractivity contribution in [3.05, 3.63) is 58.3 Å². The summed E-state index contributed by atoms with van der Waals surface area (Å²) in [6, 6.07) is 10.2. The van der Waals surface area contributed by atoms with Gasteiger partial charge < -0.3 is 10.6 Å². The molecule has 2 N–H and O–H groups in total. The van der Waals surface area contributed by atoms with Gasteiger partial charge >= 0.3 is 0 Å². The van der Waals surface area contributed by atoms with E-state index in [1.54, 1.807) is 6.20 Å². The van der Waals surface area contributed by atoms with Gasteiger partial charge in [-0.15, -0.1) is 0 Å². The van der Waals surface area contributed by atoms with E-state index < -0.39 is 0 Å². The van der Waals surface area contributed by atoms with Crippen LogP contribution in [0.3, 0.4) is 0 Å². The third-order valence-electron chi connectivity index (χ3n) is 2.87. The maximum absolute atomic E-state index is 5.74. The molecule has 0 aliphatic rings. The van der Waals surface area contributed by atoms with Crippen LogP contribution in [0.1, 0.15) is 11.1 Å². The molecule has 18 heavy (non-hydrogen) atoms. The second-order valence-corrected chi connectivity index (χ2v) is 5.01. The number of anilines is 1. The summed E-state index contributed by atoms with van der Waals surface area (Å²) in [7, 11) is 2.06. The predicted molar refractivity (Wildman–Crippen MR) is 78.4 cm³/mol. The summed E-state index contributed by atoms with van der Waals surface area (Å²) in [5, 5.41) is 0. The third kappa shape index (κ3) is 2.89. The first-order chi connectivity index (χ1) is 8.72. The molecule has 4 heteroatoms. The van der Waals surface area contributed by atoms with Gasteiger partial charge in [0.2, 0.25) is 0 Å². The highest BCUT2D eigenvalue weighted by Gasteiger charge is 2.08. The molecule has 0 spiro atoms. The molecule has 94 valence electrons. The zero-order valence-corrected chi connectivity index (χ0v) is 11.9. The van der Waals surface area contributed by atoms with Crippen LogP contribution in [0.4, 0.5) is 5.69 Å². The van der Waals surface area contributed by atoms with E-state index in [-0.39, 0.29) is 0 Å². The second-order valence-electron chi connectivity index (χ2n) is 4.16. The number of nitrogens with zero attached hydrogens (tertiary/aromatic N) is 2. The lowest BCUT2D eigenvalue weighted by Crippen LogP contribution is -2.19. The van der Waals surface area contributed by atoms with E-state index in [2.05, 4.69) is 45.0 Å². The maximum Gasteiger partial charge on any atom is 0.0443 e. The van der Waals surface area contributed by atoms with Crippen molar-refractivity contribution in [2.45, 2.75) is 13.1 Å². The number of pyridine rings is 1. The molecule has 0 saturated heterocycles. The van der Waals surface area contributed by atoms with Gasteiger partial charge in [-0.3, -0.25) is 4.98 Å². The van der Waals surface area contributed by atoms with Gasteiger partial charge in [0.05, 0.1) is 0 Å². The lowest BCUT2D eigenvalue weighted by atomic mass is 10.1. The Morgan fingerprint density at radius 3 is 2.72 bits per heavy atom. The van der Waals surface area contributed by atoms with Crippen LogP contribution in [0.2, 0.25) is 0 Å². The van der Waals surface area contributed by atoms with Gasteiger partial charge in [-0.2, -0.15) is 0 Å². The van der Waals surface area contributed by atoms with Gasteiger partial charge in [0.15, 0.2) is 0 Å². The minimum atomic E-state index is 0.503. The zero-order chi connectivity index (χ0) is 13.0. The SMILES string of the molecule is CN(Cc1ccccc1Br)c1ccncc1CN. The van der Waals surface area contributed by atoms with Crippen molar-refractivity contribution in [1.82, 2.24) is 4.98 Å². The van der Waals surface area contributed by atoms with E-state index in [4.69, 9.17) is 5.73 Å². The first-order valence-electron chi connectivity index (χ1n) is 5.80. The summed E-state index contributed by atoms with van der Waals surface area (Å²) in [5.41, 5.74) is 9.18. The van der Waals surface area contributed by atoms with Crippen LogP contribution in [-0.2, 0) is 13.1 Å². The molecule has 0 saturated carbocycles. The highest BCUT2D eigenvalue weighted by atomic mass is 79.9. The summed E-state index contributed by atoms with van der Waals surface area (Å²) in [5.74, 6) is 0. The normalized spacial score (nSPS) is 10.4. The molecule has 0 bridgehead atoms. The van der Waals surface area contributed by atoms with Crippen LogP contribution in [0.5, 0.6) is 0 Å². The topological polar surface area (TPSA) is 42.2 Å². The molecule has 0 fully saturated rings. The smallest absolute Gasteiger partial charge is 0.0443 e. The number of hydrogen-bond donors (Lipinski definition) is 1. The standard InChI is InChI=1S/C14H16BrN3/c1-18(10-11-4-2-3-5-13(11)15)14-6-7-17-9-12(14)8-16/h2-7,9H,8,10,16H2,1H3. The van der Waals surface area contributed by atoms with E-state index in [0.29, 0.717) is 6.54 Å². The molecular weight excluding hydrogens is 290 g/mol. The highest BCUT2D eigenvalue weighted by Crippen LogP contribution is 2.23. The van der Waals surface area contributed by atoms with Crippen molar-refractivity contribution in [2.75, 3.05) is 11.9 Å². The summed E-state index contributed by atoms with van der Waals surface area (Å²) in [6.07, 6.45) is 3.62. The molecule has 1 heterocycles. The van der Waals surface area contributed by atoms with Crippen molar-refractivity contribution in [3.63, 3.8) is 0 Å². The molecule has 1 aromatic heterocycles. The lowest BCUT2D eigenvalue weighted by Gasteiger charge is -2.22. The minimum absolute atomic E-state index is 0.503. The van der Waals surface area contributed by atoms with Crippen molar-refractivity contribution in [1.29, 1.82) is 0 Å². The molecule has 0 radical (unpaired) electrons. The van der Waals surface area contributed by atoms with E-state index in [9.17, 15) is 0 Å². The van der Waals surface area contributed by atoms with Gasteiger partial charge in [-0.05, 0) is 17.7 Å². The first kappa shape index (κ1) is 13.1. The largest absolute Gasteiger partial charge is 0.370 e. The van der Waals surface area contributed by atoms with Crippen LogP contribution in [0, 0.1) is 0 Å². The molecule has 2 aromatic rings. The maximum atomic E-state index is 5.74. The fourth-order valence-corrected chi connectivity index (χ4v) is 2.33. The Labute approximate surface area is 116 Å². The van der Waals surface area contributed by atoms with Crippen molar-refractivity contribution in [3.8, 4) is 0 Å². The van der Waals surface area contributed by atoms with Gasteiger partial charge in [-0.1, -0.05) is 34.1 Å². The number of benzene rings is 1. The Morgan fingerprint density at radius 2 is 2.00 bits per heavy atom. The summed E-state index contributed by atoms with van der Waals surface area (Å²) < 4.78 is 1.13. The van der Waals surface area contributed by atoms with E-state index in [1.165, 1.54) is 5.56 Å². The van der Waals surface area contributed by atoms with Gasteiger partial charge in [0.1, 0.15) is 0 Å². The van der Waals surface area contributed by atoms with Gasteiger partial charge in [-0.25, -0.2) is 0 Å². The lowest BCUT2D eigenvalue weighted by molar-refractivity contribution is 0.895. The minimum Gasteiger partial charge on any atom is -0.370 e. The van der Waals surface area contributed by atoms with Gasteiger partial charge in [0, 0.05) is 48.3 Å². The monoisotopic (exact) mass is 305 g/mol. The number of nitrogens with two attached hydrogens (primary N) is 1. The Balaban J connectivity index is 2.22. The molecular formula is C14H16BrN3. The molecule has 0 unspecified atom stereocenters. The Morgan fingerprint density at radius 1 is 1.22 bits per heavy atom. The Kier molecular flexibility index (Phi) is 4.33. The van der Waals surface area contributed by atoms with E-state index in [1.807, 2.05) is 24.4 Å². The van der Waals surface area contributed by atoms with Gasteiger partial charge in [0.25, 0.3) is 0 Å². The van der Waals surface area contributed by atoms with Crippen LogP contribution in [-0.4, -0.2) is 12.0 Å². The third-order valence-corrected chi connectivity index (χ3v) is 3.65. The number of halogens is 1. The molecule has 3 nitrogen and oxygen atoms in total. The quantitative estimate of drug-likeness (QED) is 0.944. The Hall–Kier alpha value is -1.39. The number of aromatic nitrogens is 1. The van der Waals surface area contributed by atoms with E-state index in [0.717, 1.165) is 22.3 Å². The fourth-order valence-electron chi connectivity index (χ4n) is 1.92. The molecule has 0 atom stereocenters. The van der Waals surface area contributed by atoms with Crippen molar-refractivity contribution in [2.24, 2.45) is 5.73 Å². The van der Waals surface area contributed by atoms with Crippen LogP contribution < -0.4 is 10.6 Å². The van der Waals surface area contributed by atoms with Crippen molar-refractivity contribution < 1.29 is 0 Å². The summed E-state index contributed by atoms with van der Waals surface area (Å²) >= 11 is 3.57. The molecule has 0 aliphatic heterocycles. The first-order valence-corrected chi connectivity index (χ1v) is 6.59. The van der Waals surface area contributed by atoms with E-state index >= 15 is 0 Å². The summed E-state index contributed by atoms with van der Waals surface area (Å²) in [6.45, 7) is 1.34. The van der Waals surface area contributed by atoms with Crippen LogP contribution in [0.15, 0.2) is 47.2 Å². The Bertz CT molecular complexity index is 528. The highest BCUT2D eigenvalue weighted by molar-refractivity contribution is 9.10. The van der Waals surface area contributed by atoms with Crippen LogP contribution >= 0.6 is 15.9 Å². The summed E-state index contributed by atoms with van der Waals surface area (Å²) in [4.78, 5) is 6.29. The second kappa shape index (κ2) is 5.98. The molecule has 1 aromatic carbocycles.